The van der Waals surface area contributed by atoms with Crippen molar-refractivity contribution in [2.75, 3.05) is 63.3 Å². The van der Waals surface area contributed by atoms with Gasteiger partial charge in [0.2, 0.25) is 11.8 Å². The average Bonchev–Trinajstić information content (AvgIpc) is 2.67. The maximum atomic E-state index is 5.27. The molecule has 0 amide bonds. The van der Waals surface area contributed by atoms with Gasteiger partial charge in [-0.05, 0) is 47.7 Å². The first-order chi connectivity index (χ1) is 12.7. The molecule has 1 saturated heterocycles. The summed E-state index contributed by atoms with van der Waals surface area (Å²) in [7, 11) is 1.62. The Labute approximate surface area is 169 Å². The maximum Gasteiger partial charge on any atom is 0.232 e. The molecule has 1 fully saturated rings. The Balaban J connectivity index is 1.91. The van der Waals surface area contributed by atoms with Crippen LogP contribution in [-0.4, -0.2) is 79.2 Å². The minimum Gasteiger partial charge on any atom is -0.480 e. The molecule has 0 atom stereocenters. The van der Waals surface area contributed by atoms with Gasteiger partial charge in [0.25, 0.3) is 0 Å². The second-order valence-corrected chi connectivity index (χ2v) is 7.78. The number of anilines is 1. The van der Waals surface area contributed by atoms with Crippen LogP contribution in [0.5, 0.6) is 5.88 Å². The van der Waals surface area contributed by atoms with E-state index in [4.69, 9.17) is 9.73 Å². The zero-order chi connectivity index (χ0) is 18.8. The number of hydrogen-bond acceptors (Lipinski definition) is 6. The number of halogens is 1. The summed E-state index contributed by atoms with van der Waals surface area (Å²) in [5.74, 6) is 3.51. The number of aromatic nitrogens is 2. The zero-order valence-corrected chi connectivity index (χ0v) is 18.3. The summed E-state index contributed by atoms with van der Waals surface area (Å²) in [5, 5.41) is 3.42. The van der Waals surface area contributed by atoms with Gasteiger partial charge in [-0.3, -0.25) is 4.99 Å². The van der Waals surface area contributed by atoms with Crippen LogP contribution >= 0.6 is 27.7 Å². The van der Waals surface area contributed by atoms with Crippen molar-refractivity contribution >= 4 is 39.6 Å². The van der Waals surface area contributed by atoms with Crippen LogP contribution in [0.4, 0.5) is 5.95 Å². The fourth-order valence-electron chi connectivity index (χ4n) is 2.73. The Kier molecular flexibility index (Phi) is 9.31. The number of nitrogens with zero attached hydrogens (tertiary/aromatic N) is 5. The normalized spacial score (nSPS) is 15.3. The largest absolute Gasteiger partial charge is 0.480 e. The molecule has 0 aromatic carbocycles. The number of methoxy groups -OCH3 is 1. The molecule has 1 aliphatic rings. The number of nitrogens with one attached hydrogen (secondary N) is 1. The van der Waals surface area contributed by atoms with Crippen LogP contribution in [0.2, 0.25) is 0 Å². The van der Waals surface area contributed by atoms with E-state index >= 15 is 0 Å². The Morgan fingerprint density at radius 1 is 1.35 bits per heavy atom. The van der Waals surface area contributed by atoms with Crippen LogP contribution in [0.1, 0.15) is 19.8 Å². The number of rotatable bonds is 8. The predicted octanol–water partition coefficient (Wildman–Crippen LogP) is 2.48. The van der Waals surface area contributed by atoms with Crippen molar-refractivity contribution in [2.24, 2.45) is 4.99 Å². The van der Waals surface area contributed by atoms with E-state index in [-0.39, 0.29) is 0 Å². The van der Waals surface area contributed by atoms with E-state index in [0.717, 1.165) is 56.1 Å². The van der Waals surface area contributed by atoms with Crippen LogP contribution in [0.3, 0.4) is 0 Å². The van der Waals surface area contributed by atoms with Crippen molar-refractivity contribution in [3.63, 3.8) is 0 Å². The fourth-order valence-corrected chi connectivity index (χ4v) is 3.57. The van der Waals surface area contributed by atoms with Gasteiger partial charge < -0.3 is 19.9 Å². The number of unbranched alkanes of at least 4 members (excludes halogenated alkanes) is 1. The monoisotopic (exact) mass is 444 g/mol. The van der Waals surface area contributed by atoms with E-state index < -0.39 is 0 Å². The first-order valence-corrected chi connectivity index (χ1v) is 11.2. The third kappa shape index (κ3) is 6.19. The molecule has 0 bridgehead atoms. The molecule has 2 rings (SSSR count). The quantitative estimate of drug-likeness (QED) is 0.375. The molecule has 1 aliphatic heterocycles. The first-order valence-electron chi connectivity index (χ1n) is 9.03. The van der Waals surface area contributed by atoms with Crippen molar-refractivity contribution < 1.29 is 4.74 Å². The summed E-state index contributed by atoms with van der Waals surface area (Å²) in [4.78, 5) is 18.2. The fraction of sp³-hybridized carbons (Fsp3) is 0.706. The lowest BCUT2D eigenvalue weighted by Crippen LogP contribution is -2.53. The Morgan fingerprint density at radius 3 is 2.77 bits per heavy atom. The van der Waals surface area contributed by atoms with Crippen LogP contribution in [0.25, 0.3) is 0 Å². The van der Waals surface area contributed by atoms with Crippen molar-refractivity contribution in [1.82, 2.24) is 20.2 Å². The highest BCUT2D eigenvalue weighted by Crippen LogP contribution is 2.23. The molecule has 0 spiro atoms. The molecule has 9 heteroatoms. The Morgan fingerprint density at radius 2 is 2.12 bits per heavy atom. The summed E-state index contributed by atoms with van der Waals surface area (Å²) in [5.41, 5.74) is 0. The van der Waals surface area contributed by atoms with Crippen LogP contribution in [-0.2, 0) is 0 Å². The molecule has 7 nitrogen and oxygen atoms in total. The molecule has 26 heavy (non-hydrogen) atoms. The molecule has 1 aromatic rings. The second kappa shape index (κ2) is 11.5. The average molecular weight is 445 g/mol. The van der Waals surface area contributed by atoms with E-state index in [1.54, 1.807) is 13.3 Å². The van der Waals surface area contributed by atoms with Crippen LogP contribution in [0.15, 0.2) is 15.7 Å². The molecular formula is C17H29BrN6OS. The number of piperazine rings is 1. The third-order valence-electron chi connectivity index (χ3n) is 4.11. The van der Waals surface area contributed by atoms with E-state index in [2.05, 4.69) is 54.2 Å². The maximum absolute atomic E-state index is 5.27. The Bertz CT molecular complexity index is 580. The topological polar surface area (TPSA) is 65.9 Å². The highest BCUT2D eigenvalue weighted by Gasteiger charge is 2.22. The van der Waals surface area contributed by atoms with Gasteiger partial charge in [0.15, 0.2) is 5.96 Å². The highest BCUT2D eigenvalue weighted by atomic mass is 79.9. The molecule has 146 valence electrons. The summed E-state index contributed by atoms with van der Waals surface area (Å²) >= 11 is 5.29. The molecule has 0 unspecified atom stereocenters. The van der Waals surface area contributed by atoms with E-state index in [0.29, 0.717) is 11.8 Å². The Hall–Kier alpha value is -1.22. The molecule has 0 saturated carbocycles. The lowest BCUT2D eigenvalue weighted by atomic mass is 10.3. The summed E-state index contributed by atoms with van der Waals surface area (Å²) in [6.07, 6.45) is 6.26. The van der Waals surface area contributed by atoms with Crippen molar-refractivity contribution in [3.05, 3.63) is 10.7 Å². The van der Waals surface area contributed by atoms with Crippen LogP contribution in [0, 0.1) is 0 Å². The van der Waals surface area contributed by atoms with Gasteiger partial charge in [0, 0.05) is 39.3 Å². The van der Waals surface area contributed by atoms with Gasteiger partial charge in [-0.2, -0.15) is 16.7 Å². The first kappa shape index (κ1) is 21.1. The van der Waals surface area contributed by atoms with Gasteiger partial charge in [-0.1, -0.05) is 0 Å². The number of hydrogen-bond donors (Lipinski definition) is 1. The smallest absolute Gasteiger partial charge is 0.232 e. The van der Waals surface area contributed by atoms with Crippen LogP contribution < -0.4 is 15.0 Å². The lowest BCUT2D eigenvalue weighted by Gasteiger charge is -2.36. The number of thioether (sulfide) groups is 1. The minimum absolute atomic E-state index is 0.567. The van der Waals surface area contributed by atoms with Crippen molar-refractivity contribution in [1.29, 1.82) is 0 Å². The summed E-state index contributed by atoms with van der Waals surface area (Å²) < 4.78 is 6.04. The van der Waals surface area contributed by atoms with Gasteiger partial charge in [-0.25, -0.2) is 4.98 Å². The van der Waals surface area contributed by atoms with E-state index in [1.165, 1.54) is 12.2 Å². The summed E-state index contributed by atoms with van der Waals surface area (Å²) in [6, 6.07) is 0. The number of aliphatic imine (C=N–C) groups is 1. The van der Waals surface area contributed by atoms with Gasteiger partial charge in [-0.15, -0.1) is 0 Å². The van der Waals surface area contributed by atoms with Gasteiger partial charge >= 0.3 is 0 Å². The molecule has 1 N–H and O–H groups in total. The third-order valence-corrected chi connectivity index (χ3v) is 5.35. The molecule has 0 aliphatic carbocycles. The molecule has 2 heterocycles. The molecule has 1 aromatic heterocycles. The SMILES string of the molecule is CCNC(=NCCCCSC)N1CCN(c2ncc(Br)c(OC)n2)CC1. The number of ether oxygens (including phenoxy) is 1. The van der Waals surface area contributed by atoms with Gasteiger partial charge in [0.1, 0.15) is 0 Å². The van der Waals surface area contributed by atoms with E-state index in [1.807, 2.05) is 11.8 Å². The second-order valence-electron chi connectivity index (χ2n) is 5.94. The predicted molar refractivity (Wildman–Crippen MR) is 114 cm³/mol. The van der Waals surface area contributed by atoms with Crippen molar-refractivity contribution in [2.45, 2.75) is 19.8 Å². The molecule has 0 radical (unpaired) electrons. The zero-order valence-electron chi connectivity index (χ0n) is 15.9. The van der Waals surface area contributed by atoms with Crippen molar-refractivity contribution in [3.8, 4) is 5.88 Å². The van der Waals surface area contributed by atoms with E-state index in [9.17, 15) is 0 Å². The minimum atomic E-state index is 0.567. The highest BCUT2D eigenvalue weighted by molar-refractivity contribution is 9.10. The summed E-state index contributed by atoms with van der Waals surface area (Å²) in [6.45, 7) is 7.41. The lowest BCUT2D eigenvalue weighted by molar-refractivity contribution is 0.366. The molecular weight excluding hydrogens is 416 g/mol. The van der Waals surface area contributed by atoms with Gasteiger partial charge in [0.05, 0.1) is 17.8 Å². The number of guanidine groups is 1. The standard InChI is InChI=1S/C17H29BrN6OS/c1-4-19-16(20-7-5-6-12-26-3)23-8-10-24(11-9-23)17-21-13-14(18)15(22-17)25-2/h13H,4-12H2,1-3H3,(H,19,20).